The Morgan fingerprint density at radius 3 is 2.74 bits per heavy atom. The number of carbonyl (C=O) groups is 1. The van der Waals surface area contributed by atoms with Crippen LogP contribution in [0.2, 0.25) is 0 Å². The molecule has 0 aliphatic carbocycles. The van der Waals surface area contributed by atoms with Crippen molar-refractivity contribution < 1.29 is 9.90 Å². The number of likely N-dealkylation sites (N-methyl/N-ethyl adjacent to an activating group) is 1. The predicted molar refractivity (Wildman–Crippen MR) is 80.9 cm³/mol. The van der Waals surface area contributed by atoms with Crippen LogP contribution in [0.3, 0.4) is 0 Å². The third kappa shape index (κ3) is 5.25. The van der Waals surface area contributed by atoms with E-state index in [0.717, 1.165) is 18.6 Å². The van der Waals surface area contributed by atoms with Crippen molar-refractivity contribution in [3.63, 3.8) is 0 Å². The molecule has 0 spiro atoms. The summed E-state index contributed by atoms with van der Waals surface area (Å²) in [6.07, 6.45) is 2.61. The molecule has 1 aromatic carbocycles. The van der Waals surface area contributed by atoms with Crippen LogP contribution in [0, 0.1) is 6.92 Å². The van der Waals surface area contributed by atoms with E-state index in [4.69, 9.17) is 5.11 Å². The zero-order chi connectivity index (χ0) is 14.3. The van der Waals surface area contributed by atoms with E-state index in [2.05, 4.69) is 36.5 Å². The number of hydrogen-bond donors (Lipinski definition) is 2. The van der Waals surface area contributed by atoms with Crippen molar-refractivity contribution in [2.24, 2.45) is 0 Å². The summed E-state index contributed by atoms with van der Waals surface area (Å²) in [6, 6.07) is 8.46. The quantitative estimate of drug-likeness (QED) is 0.567. The summed E-state index contributed by atoms with van der Waals surface area (Å²) in [5.74, 6) is 0.254. The highest BCUT2D eigenvalue weighted by Gasteiger charge is 2.29. The van der Waals surface area contributed by atoms with Gasteiger partial charge in [0, 0.05) is 4.90 Å². The second kappa shape index (κ2) is 7.56. The first-order chi connectivity index (χ1) is 8.98. The molecule has 0 bridgehead atoms. The van der Waals surface area contributed by atoms with Gasteiger partial charge in [-0.05, 0) is 51.6 Å². The van der Waals surface area contributed by atoms with Gasteiger partial charge in [0.2, 0.25) is 0 Å². The fourth-order valence-electron chi connectivity index (χ4n) is 1.81. The second-order valence-electron chi connectivity index (χ2n) is 5.01. The SMILES string of the molecule is CNC(C)(CCCCSc1cccc(C)c1)C(=O)O. The van der Waals surface area contributed by atoms with Crippen molar-refractivity contribution in [3.05, 3.63) is 29.8 Å². The summed E-state index contributed by atoms with van der Waals surface area (Å²) in [5.41, 5.74) is 0.479. The van der Waals surface area contributed by atoms with E-state index < -0.39 is 11.5 Å². The number of rotatable bonds is 8. The van der Waals surface area contributed by atoms with E-state index in [9.17, 15) is 4.79 Å². The molecule has 0 fully saturated rings. The van der Waals surface area contributed by atoms with Gasteiger partial charge in [-0.1, -0.05) is 24.1 Å². The molecule has 0 radical (unpaired) electrons. The molecule has 19 heavy (non-hydrogen) atoms. The average molecular weight is 281 g/mol. The molecule has 1 aromatic rings. The summed E-state index contributed by atoms with van der Waals surface area (Å²) < 4.78 is 0. The van der Waals surface area contributed by atoms with Crippen molar-refractivity contribution in [1.29, 1.82) is 0 Å². The van der Waals surface area contributed by atoms with E-state index >= 15 is 0 Å². The Kier molecular flexibility index (Phi) is 6.38. The highest BCUT2D eigenvalue weighted by molar-refractivity contribution is 7.99. The van der Waals surface area contributed by atoms with Gasteiger partial charge in [0.15, 0.2) is 0 Å². The van der Waals surface area contributed by atoms with Crippen molar-refractivity contribution in [1.82, 2.24) is 5.32 Å². The van der Waals surface area contributed by atoms with Gasteiger partial charge in [-0.15, -0.1) is 11.8 Å². The van der Waals surface area contributed by atoms with E-state index in [-0.39, 0.29) is 0 Å². The normalized spacial score (nSPS) is 14.1. The van der Waals surface area contributed by atoms with Crippen molar-refractivity contribution in [3.8, 4) is 0 Å². The smallest absolute Gasteiger partial charge is 0.323 e. The van der Waals surface area contributed by atoms with Crippen LogP contribution >= 0.6 is 11.8 Å². The molecule has 0 aliphatic rings. The summed E-state index contributed by atoms with van der Waals surface area (Å²) >= 11 is 1.83. The Balaban J connectivity index is 2.26. The maximum atomic E-state index is 11.1. The highest BCUT2D eigenvalue weighted by atomic mass is 32.2. The molecule has 0 saturated heterocycles. The summed E-state index contributed by atoms with van der Waals surface area (Å²) in [4.78, 5) is 12.4. The van der Waals surface area contributed by atoms with E-state index in [1.54, 1.807) is 14.0 Å². The van der Waals surface area contributed by atoms with Gasteiger partial charge in [-0.25, -0.2) is 0 Å². The van der Waals surface area contributed by atoms with E-state index in [0.29, 0.717) is 6.42 Å². The number of nitrogens with one attached hydrogen (secondary N) is 1. The van der Waals surface area contributed by atoms with Gasteiger partial charge in [-0.2, -0.15) is 0 Å². The maximum Gasteiger partial charge on any atom is 0.323 e. The first kappa shape index (κ1) is 16.1. The first-order valence-corrected chi connectivity index (χ1v) is 7.58. The monoisotopic (exact) mass is 281 g/mol. The molecule has 106 valence electrons. The van der Waals surface area contributed by atoms with Gasteiger partial charge in [0.05, 0.1) is 0 Å². The molecule has 1 unspecified atom stereocenters. The Bertz CT molecular complexity index is 422. The lowest BCUT2D eigenvalue weighted by Crippen LogP contribution is -2.47. The lowest BCUT2D eigenvalue weighted by molar-refractivity contribution is -0.144. The highest BCUT2D eigenvalue weighted by Crippen LogP contribution is 2.22. The first-order valence-electron chi connectivity index (χ1n) is 6.60. The molecule has 0 saturated carbocycles. The zero-order valence-electron chi connectivity index (χ0n) is 11.9. The molecule has 0 amide bonds. The fourth-order valence-corrected chi connectivity index (χ4v) is 2.84. The minimum atomic E-state index is -0.798. The van der Waals surface area contributed by atoms with Gasteiger partial charge >= 0.3 is 5.97 Å². The van der Waals surface area contributed by atoms with Crippen LogP contribution in [-0.4, -0.2) is 29.4 Å². The molecule has 2 N–H and O–H groups in total. The molecule has 1 rings (SSSR count). The van der Waals surface area contributed by atoms with Gasteiger partial charge in [0.25, 0.3) is 0 Å². The molecular weight excluding hydrogens is 258 g/mol. The number of hydrogen-bond acceptors (Lipinski definition) is 3. The number of aryl methyl sites for hydroxylation is 1. The molecule has 1 atom stereocenters. The zero-order valence-corrected chi connectivity index (χ0v) is 12.7. The Labute approximate surface area is 119 Å². The minimum Gasteiger partial charge on any atom is -0.480 e. The topological polar surface area (TPSA) is 49.3 Å². The van der Waals surface area contributed by atoms with E-state index in [1.165, 1.54) is 10.5 Å². The second-order valence-corrected chi connectivity index (χ2v) is 6.18. The summed E-state index contributed by atoms with van der Waals surface area (Å²) in [5, 5.41) is 12.0. The number of unbranched alkanes of at least 4 members (excludes halogenated alkanes) is 1. The molecule has 0 heterocycles. The van der Waals surface area contributed by atoms with Gasteiger partial charge in [-0.3, -0.25) is 4.79 Å². The van der Waals surface area contributed by atoms with Gasteiger partial charge in [0.1, 0.15) is 5.54 Å². The van der Waals surface area contributed by atoms with Crippen LogP contribution in [0.15, 0.2) is 29.2 Å². The maximum absolute atomic E-state index is 11.1. The van der Waals surface area contributed by atoms with Crippen LogP contribution in [-0.2, 0) is 4.79 Å². The number of aliphatic carboxylic acids is 1. The lowest BCUT2D eigenvalue weighted by atomic mass is 9.95. The van der Waals surface area contributed by atoms with Crippen molar-refractivity contribution >= 4 is 17.7 Å². The third-order valence-electron chi connectivity index (χ3n) is 3.35. The lowest BCUT2D eigenvalue weighted by Gasteiger charge is -2.23. The van der Waals surface area contributed by atoms with Crippen molar-refractivity contribution in [2.75, 3.05) is 12.8 Å². The Morgan fingerprint density at radius 1 is 1.42 bits per heavy atom. The van der Waals surface area contributed by atoms with Crippen LogP contribution in [0.1, 0.15) is 31.7 Å². The molecule has 0 aliphatic heterocycles. The minimum absolute atomic E-state index is 0.660. The van der Waals surface area contributed by atoms with Crippen molar-refractivity contribution in [2.45, 2.75) is 43.5 Å². The molecule has 3 nitrogen and oxygen atoms in total. The Morgan fingerprint density at radius 2 is 2.16 bits per heavy atom. The summed E-state index contributed by atoms with van der Waals surface area (Å²) in [6.45, 7) is 3.83. The molecular formula is C15H23NO2S. The molecule has 4 heteroatoms. The number of carboxylic acid groups (broad SMARTS) is 1. The van der Waals surface area contributed by atoms with Crippen LogP contribution in [0.4, 0.5) is 0 Å². The van der Waals surface area contributed by atoms with Crippen LogP contribution < -0.4 is 5.32 Å². The Hall–Kier alpha value is -1.00. The number of benzene rings is 1. The third-order valence-corrected chi connectivity index (χ3v) is 4.43. The van der Waals surface area contributed by atoms with Crippen LogP contribution in [0.5, 0.6) is 0 Å². The van der Waals surface area contributed by atoms with Crippen LogP contribution in [0.25, 0.3) is 0 Å². The standard InChI is InChI=1S/C15H23NO2S/c1-12-7-6-8-13(11-12)19-10-5-4-9-15(2,16-3)14(17)18/h6-8,11,16H,4-5,9-10H2,1-3H3,(H,17,18). The largest absolute Gasteiger partial charge is 0.480 e. The summed E-state index contributed by atoms with van der Waals surface area (Å²) in [7, 11) is 1.70. The fraction of sp³-hybridized carbons (Fsp3) is 0.533. The average Bonchev–Trinajstić information content (AvgIpc) is 2.38. The molecule has 0 aromatic heterocycles. The van der Waals surface area contributed by atoms with Gasteiger partial charge < -0.3 is 10.4 Å². The predicted octanol–water partition coefficient (Wildman–Crippen LogP) is 3.32. The number of carboxylic acids is 1. The van der Waals surface area contributed by atoms with E-state index in [1.807, 2.05) is 11.8 Å². The number of thioether (sulfide) groups is 1.